The normalized spacial score (nSPS) is 17.2. The summed E-state index contributed by atoms with van der Waals surface area (Å²) in [6.45, 7) is 14.0. The Balaban J connectivity index is 2.53. The molecule has 117 valence electrons. The molecule has 0 fully saturated rings. The lowest BCUT2D eigenvalue weighted by atomic mass is 9.94. The van der Waals surface area contributed by atoms with E-state index in [-0.39, 0.29) is 11.6 Å². The third-order valence-electron chi connectivity index (χ3n) is 3.97. The molecule has 0 aromatic heterocycles. The fourth-order valence-corrected chi connectivity index (χ4v) is 5.21. The average Bonchev–Trinajstić information content (AvgIpc) is 2.84. The van der Waals surface area contributed by atoms with Crippen molar-refractivity contribution in [3.8, 4) is 0 Å². The minimum Gasteiger partial charge on any atom is -0.302 e. The first kappa shape index (κ1) is 17.4. The lowest BCUT2D eigenvalue weighted by molar-refractivity contribution is 0.387. The molecular weight excluding hydrogens is 298 g/mol. The molecule has 0 saturated carbocycles. The molecule has 1 unspecified atom stereocenters. The van der Waals surface area contributed by atoms with Gasteiger partial charge in [-0.05, 0) is 38.3 Å². The summed E-state index contributed by atoms with van der Waals surface area (Å²) in [5.74, 6) is 0. The van der Waals surface area contributed by atoms with Crippen LogP contribution in [0.15, 0.2) is 47.2 Å². The number of nitrogens with one attached hydrogen (secondary N) is 1. The monoisotopic (exact) mass is 326 g/mol. The maximum Gasteiger partial charge on any atom is 0.0776 e. The van der Waals surface area contributed by atoms with E-state index in [4.69, 9.17) is 0 Å². The average molecular weight is 327 g/mol. The SMILES string of the molecule is CC(C)(C)NC(C1=C([Si](C)(C)C)C=CC1)c1ccccc1[Si]. The van der Waals surface area contributed by atoms with E-state index in [1.54, 1.807) is 10.8 Å². The summed E-state index contributed by atoms with van der Waals surface area (Å²) in [5, 5.41) is 6.63. The van der Waals surface area contributed by atoms with Crippen LogP contribution in [-0.4, -0.2) is 23.9 Å². The first-order valence-corrected chi connectivity index (χ1v) is 12.1. The van der Waals surface area contributed by atoms with Crippen LogP contribution in [0.25, 0.3) is 0 Å². The van der Waals surface area contributed by atoms with Gasteiger partial charge in [-0.3, -0.25) is 0 Å². The molecule has 0 spiro atoms. The summed E-state index contributed by atoms with van der Waals surface area (Å²) in [6, 6.07) is 8.86. The van der Waals surface area contributed by atoms with Crippen LogP contribution in [0, 0.1) is 0 Å². The van der Waals surface area contributed by atoms with Gasteiger partial charge in [0.2, 0.25) is 0 Å². The third kappa shape index (κ3) is 4.09. The Bertz CT molecular complexity index is 601. The Morgan fingerprint density at radius 1 is 1.14 bits per heavy atom. The van der Waals surface area contributed by atoms with E-state index in [9.17, 15) is 0 Å². The van der Waals surface area contributed by atoms with Gasteiger partial charge in [-0.1, -0.05) is 66.4 Å². The topological polar surface area (TPSA) is 12.0 Å². The van der Waals surface area contributed by atoms with Crippen molar-refractivity contribution in [1.29, 1.82) is 0 Å². The summed E-state index contributed by atoms with van der Waals surface area (Å²) in [4.78, 5) is 0. The van der Waals surface area contributed by atoms with Crippen LogP contribution in [0.3, 0.4) is 0 Å². The number of hydrogen-bond acceptors (Lipinski definition) is 1. The third-order valence-corrected chi connectivity index (χ3v) is 6.53. The number of allylic oxidation sites excluding steroid dienone is 3. The van der Waals surface area contributed by atoms with Crippen LogP contribution in [-0.2, 0) is 0 Å². The standard InChI is InChI=1S/C19H28NSi2/c1-19(2,3)20-18(14-10-7-8-12-16(14)21)15-11-9-13-17(15)22(4,5)6/h7-10,12-13,18,20H,11H2,1-6H3. The van der Waals surface area contributed by atoms with E-state index in [0.717, 1.165) is 6.42 Å². The molecule has 3 heteroatoms. The van der Waals surface area contributed by atoms with Crippen LogP contribution in [0.1, 0.15) is 38.8 Å². The second kappa shape index (κ2) is 6.30. The van der Waals surface area contributed by atoms with Crippen molar-refractivity contribution >= 4 is 23.5 Å². The van der Waals surface area contributed by atoms with E-state index in [0.29, 0.717) is 0 Å². The predicted molar refractivity (Wildman–Crippen MR) is 102 cm³/mol. The number of hydrogen-bond donors (Lipinski definition) is 1. The molecule has 0 heterocycles. The smallest absolute Gasteiger partial charge is 0.0776 e. The summed E-state index contributed by atoms with van der Waals surface area (Å²) in [6.07, 6.45) is 5.76. The van der Waals surface area contributed by atoms with Crippen molar-refractivity contribution in [1.82, 2.24) is 5.32 Å². The highest BCUT2D eigenvalue weighted by Crippen LogP contribution is 2.36. The van der Waals surface area contributed by atoms with E-state index < -0.39 is 8.07 Å². The first-order chi connectivity index (χ1) is 10.1. The maximum absolute atomic E-state index is 3.85. The van der Waals surface area contributed by atoms with Crippen LogP contribution in [0.2, 0.25) is 19.6 Å². The van der Waals surface area contributed by atoms with Gasteiger partial charge in [0.1, 0.15) is 0 Å². The van der Waals surface area contributed by atoms with Crippen LogP contribution >= 0.6 is 0 Å². The molecule has 1 N–H and O–H groups in total. The van der Waals surface area contributed by atoms with E-state index >= 15 is 0 Å². The highest BCUT2D eigenvalue weighted by molar-refractivity contribution is 6.84. The van der Waals surface area contributed by atoms with Crippen molar-refractivity contribution in [3.05, 3.63) is 52.8 Å². The van der Waals surface area contributed by atoms with Crippen molar-refractivity contribution < 1.29 is 0 Å². The lowest BCUT2D eigenvalue weighted by Crippen LogP contribution is -2.42. The molecular formula is C19H28NSi2. The molecule has 0 saturated heterocycles. The number of benzene rings is 1. The van der Waals surface area contributed by atoms with Gasteiger partial charge in [0.25, 0.3) is 0 Å². The van der Waals surface area contributed by atoms with E-state index in [1.807, 2.05) is 0 Å². The van der Waals surface area contributed by atoms with Crippen LogP contribution < -0.4 is 10.5 Å². The Hall–Kier alpha value is -0.906. The molecule has 1 aliphatic carbocycles. The molecule has 0 aliphatic heterocycles. The second-order valence-corrected chi connectivity index (χ2v) is 13.8. The highest BCUT2D eigenvalue weighted by atomic mass is 28.3. The molecule has 1 aliphatic rings. The molecule has 22 heavy (non-hydrogen) atoms. The zero-order chi connectivity index (χ0) is 16.5. The molecule has 0 amide bonds. The van der Waals surface area contributed by atoms with Crippen molar-refractivity contribution in [3.63, 3.8) is 0 Å². The van der Waals surface area contributed by atoms with Gasteiger partial charge in [-0.2, -0.15) is 0 Å². The summed E-state index contributed by atoms with van der Waals surface area (Å²) in [7, 11) is 2.47. The maximum atomic E-state index is 3.85. The second-order valence-electron chi connectivity index (χ2n) is 8.21. The quantitative estimate of drug-likeness (QED) is 0.823. The molecule has 2 rings (SSSR count). The summed E-state index contributed by atoms with van der Waals surface area (Å²) < 4.78 is 0. The zero-order valence-electron chi connectivity index (χ0n) is 14.7. The van der Waals surface area contributed by atoms with E-state index in [2.05, 4.69) is 92.4 Å². The Morgan fingerprint density at radius 3 is 2.32 bits per heavy atom. The Morgan fingerprint density at radius 2 is 1.77 bits per heavy atom. The largest absolute Gasteiger partial charge is 0.302 e. The minimum atomic E-state index is -1.34. The van der Waals surface area contributed by atoms with Crippen molar-refractivity contribution in [2.75, 3.05) is 0 Å². The van der Waals surface area contributed by atoms with Gasteiger partial charge in [-0.25, -0.2) is 0 Å². The molecule has 0 bridgehead atoms. The van der Waals surface area contributed by atoms with Crippen LogP contribution in [0.5, 0.6) is 0 Å². The molecule has 3 radical (unpaired) electrons. The Kier molecular flexibility index (Phi) is 5.00. The molecule has 1 aromatic carbocycles. The van der Waals surface area contributed by atoms with Gasteiger partial charge in [0.15, 0.2) is 0 Å². The minimum absolute atomic E-state index is 0.0688. The van der Waals surface area contributed by atoms with Crippen LogP contribution in [0.4, 0.5) is 0 Å². The lowest BCUT2D eigenvalue weighted by Gasteiger charge is -2.33. The predicted octanol–water partition coefficient (Wildman–Crippen LogP) is 4.04. The fraction of sp³-hybridized carbons (Fsp3) is 0.474. The first-order valence-electron chi connectivity index (χ1n) is 8.08. The highest BCUT2D eigenvalue weighted by Gasteiger charge is 2.30. The molecule has 1 aromatic rings. The van der Waals surface area contributed by atoms with Gasteiger partial charge in [0.05, 0.1) is 24.4 Å². The van der Waals surface area contributed by atoms with Gasteiger partial charge < -0.3 is 5.32 Å². The van der Waals surface area contributed by atoms with E-state index in [1.165, 1.54) is 10.8 Å². The Labute approximate surface area is 140 Å². The zero-order valence-corrected chi connectivity index (χ0v) is 16.7. The van der Waals surface area contributed by atoms with Gasteiger partial charge in [-0.15, -0.1) is 0 Å². The number of rotatable bonds is 4. The fourth-order valence-electron chi connectivity index (χ4n) is 3.06. The summed E-state index contributed by atoms with van der Waals surface area (Å²) in [5.41, 5.74) is 2.96. The molecule has 1 nitrogen and oxygen atoms in total. The van der Waals surface area contributed by atoms with Crippen molar-refractivity contribution in [2.24, 2.45) is 0 Å². The summed E-state index contributed by atoms with van der Waals surface area (Å²) >= 11 is 0. The van der Waals surface area contributed by atoms with Crippen molar-refractivity contribution in [2.45, 2.75) is 58.4 Å². The molecule has 1 atom stereocenters. The van der Waals surface area contributed by atoms with Gasteiger partial charge in [0, 0.05) is 5.54 Å². The van der Waals surface area contributed by atoms with Gasteiger partial charge >= 0.3 is 0 Å².